The van der Waals surface area contributed by atoms with Crippen LogP contribution in [-0.4, -0.2) is 58.0 Å². The third-order valence-electron chi connectivity index (χ3n) is 5.53. The molecule has 2 saturated heterocycles. The molecule has 0 radical (unpaired) electrons. The zero-order valence-electron chi connectivity index (χ0n) is 15.9. The number of fused-ring (bicyclic) bond motifs is 1. The van der Waals surface area contributed by atoms with E-state index in [0.29, 0.717) is 24.8 Å². The molecule has 150 valence electrons. The highest BCUT2D eigenvalue weighted by molar-refractivity contribution is 7.14. The summed E-state index contributed by atoms with van der Waals surface area (Å²) >= 11 is 1.41. The number of anilines is 1. The van der Waals surface area contributed by atoms with Crippen molar-refractivity contribution in [1.82, 2.24) is 25.2 Å². The summed E-state index contributed by atoms with van der Waals surface area (Å²) < 4.78 is 0. The number of benzene rings is 1. The largest absolute Gasteiger partial charge is 0.342 e. The molecule has 2 aliphatic rings. The van der Waals surface area contributed by atoms with Gasteiger partial charge in [-0.1, -0.05) is 12.1 Å². The van der Waals surface area contributed by atoms with Gasteiger partial charge in [-0.2, -0.15) is 0 Å². The normalized spacial score (nSPS) is 19.7. The van der Waals surface area contributed by atoms with Crippen LogP contribution in [0.3, 0.4) is 0 Å². The van der Waals surface area contributed by atoms with Gasteiger partial charge in [-0.3, -0.25) is 9.69 Å². The predicted octanol–water partition coefficient (Wildman–Crippen LogP) is 2.50. The fraction of sp³-hybridized carbons (Fsp3) is 0.400. The average Bonchev–Trinajstić information content (AvgIpc) is 3.47. The standard InChI is InChI=1S/C20H22N6O2S/c27-17(10-14-12-29-20(22-14)26-9-7-21-19(26)28)25-8-3-4-13(11-25)18-23-15-5-1-2-6-16(15)24-18/h1-2,5-6,12-13H,3-4,7-11H2,(H,21,28)(H,23,24). The van der Waals surface area contributed by atoms with Gasteiger partial charge >= 0.3 is 6.03 Å². The molecule has 1 atom stereocenters. The number of aromatic amines is 1. The molecule has 0 spiro atoms. The van der Waals surface area contributed by atoms with E-state index >= 15 is 0 Å². The quantitative estimate of drug-likeness (QED) is 0.691. The van der Waals surface area contributed by atoms with Gasteiger partial charge in [0.15, 0.2) is 5.13 Å². The Kier molecular flexibility index (Phi) is 4.67. The van der Waals surface area contributed by atoms with Crippen LogP contribution in [0.4, 0.5) is 9.93 Å². The number of hydrogen-bond donors (Lipinski definition) is 2. The number of thiazole rings is 1. The van der Waals surface area contributed by atoms with Crippen molar-refractivity contribution in [2.75, 3.05) is 31.1 Å². The van der Waals surface area contributed by atoms with Gasteiger partial charge in [0.25, 0.3) is 0 Å². The van der Waals surface area contributed by atoms with Crippen LogP contribution in [0.25, 0.3) is 11.0 Å². The summed E-state index contributed by atoms with van der Waals surface area (Å²) in [6.45, 7) is 2.68. The minimum absolute atomic E-state index is 0.0773. The monoisotopic (exact) mass is 410 g/mol. The lowest BCUT2D eigenvalue weighted by Crippen LogP contribution is -2.40. The van der Waals surface area contributed by atoms with Crippen molar-refractivity contribution in [3.05, 3.63) is 41.2 Å². The number of likely N-dealkylation sites (tertiary alicyclic amines) is 1. The smallest absolute Gasteiger partial charge is 0.323 e. The summed E-state index contributed by atoms with van der Waals surface area (Å²) in [5, 5.41) is 5.30. The summed E-state index contributed by atoms with van der Waals surface area (Å²) in [6, 6.07) is 7.88. The topological polar surface area (TPSA) is 94.2 Å². The maximum atomic E-state index is 12.9. The van der Waals surface area contributed by atoms with Gasteiger partial charge in [0, 0.05) is 37.5 Å². The molecule has 0 aliphatic carbocycles. The molecule has 1 aromatic carbocycles. The number of piperidine rings is 1. The number of aromatic nitrogens is 3. The lowest BCUT2D eigenvalue weighted by Gasteiger charge is -2.31. The first-order valence-electron chi connectivity index (χ1n) is 9.89. The van der Waals surface area contributed by atoms with E-state index in [1.54, 1.807) is 4.90 Å². The molecule has 0 saturated carbocycles. The van der Waals surface area contributed by atoms with Crippen LogP contribution in [0, 0.1) is 0 Å². The molecule has 29 heavy (non-hydrogen) atoms. The van der Waals surface area contributed by atoms with Crippen LogP contribution in [0.5, 0.6) is 0 Å². The van der Waals surface area contributed by atoms with Crippen molar-refractivity contribution in [2.45, 2.75) is 25.2 Å². The number of imidazole rings is 1. The Morgan fingerprint density at radius 3 is 2.97 bits per heavy atom. The second-order valence-corrected chi connectivity index (χ2v) is 8.34. The highest BCUT2D eigenvalue weighted by atomic mass is 32.1. The Balaban J connectivity index is 1.25. The van der Waals surface area contributed by atoms with E-state index < -0.39 is 0 Å². The summed E-state index contributed by atoms with van der Waals surface area (Å²) in [4.78, 5) is 40.8. The number of carbonyl (C=O) groups is 2. The number of nitrogens with zero attached hydrogens (tertiary/aromatic N) is 4. The maximum absolute atomic E-state index is 12.9. The van der Waals surface area contributed by atoms with Crippen LogP contribution < -0.4 is 10.2 Å². The zero-order valence-corrected chi connectivity index (χ0v) is 16.7. The number of hydrogen-bond acceptors (Lipinski definition) is 5. The second kappa shape index (κ2) is 7.47. The van der Waals surface area contributed by atoms with Crippen LogP contribution in [0.1, 0.15) is 30.3 Å². The minimum atomic E-state index is -0.123. The van der Waals surface area contributed by atoms with Crippen LogP contribution in [0.15, 0.2) is 29.6 Å². The third kappa shape index (κ3) is 3.57. The van der Waals surface area contributed by atoms with Crippen LogP contribution in [0.2, 0.25) is 0 Å². The number of amides is 3. The Bertz CT molecular complexity index is 1030. The predicted molar refractivity (Wildman–Crippen MR) is 111 cm³/mol. The highest BCUT2D eigenvalue weighted by Gasteiger charge is 2.28. The Hall–Kier alpha value is -2.94. The van der Waals surface area contributed by atoms with Crippen molar-refractivity contribution in [1.29, 1.82) is 0 Å². The van der Waals surface area contributed by atoms with E-state index in [9.17, 15) is 9.59 Å². The Morgan fingerprint density at radius 2 is 2.14 bits per heavy atom. The van der Waals surface area contributed by atoms with Crippen molar-refractivity contribution >= 4 is 39.4 Å². The molecule has 2 N–H and O–H groups in total. The fourth-order valence-corrected chi connectivity index (χ4v) is 4.86. The van der Waals surface area contributed by atoms with Gasteiger partial charge in [0.05, 0.1) is 23.1 Å². The molecule has 4 heterocycles. The van der Waals surface area contributed by atoms with Gasteiger partial charge in [-0.25, -0.2) is 14.8 Å². The number of urea groups is 1. The number of H-pyrrole nitrogens is 1. The molecule has 1 unspecified atom stereocenters. The number of para-hydroxylation sites is 2. The summed E-state index contributed by atoms with van der Waals surface area (Å²) in [6.07, 6.45) is 2.25. The first kappa shape index (κ1) is 18.1. The first-order chi connectivity index (χ1) is 14.2. The molecule has 2 aliphatic heterocycles. The summed E-state index contributed by atoms with van der Waals surface area (Å²) in [5.74, 6) is 1.26. The van der Waals surface area contributed by atoms with E-state index in [4.69, 9.17) is 4.98 Å². The summed E-state index contributed by atoms with van der Waals surface area (Å²) in [5.41, 5.74) is 2.72. The van der Waals surface area contributed by atoms with Gasteiger partial charge in [-0.05, 0) is 25.0 Å². The van der Waals surface area contributed by atoms with Crippen LogP contribution in [-0.2, 0) is 11.2 Å². The number of nitrogens with one attached hydrogen (secondary N) is 2. The molecule has 8 nitrogen and oxygen atoms in total. The Labute approximate surface area is 171 Å². The SMILES string of the molecule is O=C(Cc1csc(N2CCNC2=O)n1)N1CCCC(c2nc3ccccc3[nH]2)C1. The molecular weight excluding hydrogens is 388 g/mol. The lowest BCUT2D eigenvalue weighted by atomic mass is 9.97. The third-order valence-corrected chi connectivity index (χ3v) is 6.44. The lowest BCUT2D eigenvalue weighted by molar-refractivity contribution is -0.131. The van der Waals surface area contributed by atoms with E-state index in [-0.39, 0.29) is 24.3 Å². The zero-order chi connectivity index (χ0) is 19.8. The Morgan fingerprint density at radius 1 is 1.24 bits per heavy atom. The van der Waals surface area contributed by atoms with Crippen molar-refractivity contribution in [2.24, 2.45) is 0 Å². The minimum Gasteiger partial charge on any atom is -0.342 e. The maximum Gasteiger partial charge on any atom is 0.323 e. The van der Waals surface area contributed by atoms with Gasteiger partial charge in [-0.15, -0.1) is 11.3 Å². The van der Waals surface area contributed by atoms with Crippen LogP contribution >= 0.6 is 11.3 Å². The van der Waals surface area contributed by atoms with Gasteiger partial charge in [0.2, 0.25) is 5.91 Å². The average molecular weight is 411 g/mol. The number of carbonyl (C=O) groups excluding carboxylic acids is 2. The molecule has 0 bridgehead atoms. The van der Waals surface area contributed by atoms with Gasteiger partial charge in [0.1, 0.15) is 5.82 Å². The van der Waals surface area contributed by atoms with E-state index in [1.807, 2.05) is 34.5 Å². The highest BCUT2D eigenvalue weighted by Crippen LogP contribution is 2.28. The number of rotatable bonds is 4. The first-order valence-corrected chi connectivity index (χ1v) is 10.8. The molecule has 5 rings (SSSR count). The van der Waals surface area contributed by atoms with Gasteiger partial charge < -0.3 is 15.2 Å². The van der Waals surface area contributed by atoms with Crippen molar-refractivity contribution in [3.8, 4) is 0 Å². The molecule has 9 heteroatoms. The summed E-state index contributed by atoms with van der Waals surface area (Å²) in [7, 11) is 0. The van der Waals surface area contributed by atoms with Crippen molar-refractivity contribution in [3.63, 3.8) is 0 Å². The van der Waals surface area contributed by atoms with E-state index in [0.717, 1.165) is 41.9 Å². The van der Waals surface area contributed by atoms with E-state index in [1.165, 1.54) is 11.3 Å². The molecule has 2 fully saturated rings. The van der Waals surface area contributed by atoms with Crippen molar-refractivity contribution < 1.29 is 9.59 Å². The fourth-order valence-electron chi connectivity index (χ4n) is 4.02. The molecule has 2 aromatic heterocycles. The molecule has 3 aromatic rings. The molecule has 3 amide bonds. The molecular formula is C20H22N6O2S. The second-order valence-electron chi connectivity index (χ2n) is 7.50. The van der Waals surface area contributed by atoms with E-state index in [2.05, 4.69) is 15.3 Å².